The maximum absolute atomic E-state index is 12.4. The smallest absolute Gasteiger partial charge is 0.234 e. The zero-order chi connectivity index (χ0) is 14.3. The molecule has 20 heavy (non-hydrogen) atoms. The monoisotopic (exact) mass is 278 g/mol. The fourth-order valence-electron chi connectivity index (χ4n) is 3.61. The van der Waals surface area contributed by atoms with Crippen LogP contribution in [-0.4, -0.2) is 53.6 Å². The van der Waals surface area contributed by atoms with E-state index in [0.29, 0.717) is 19.5 Å². The zero-order valence-electron chi connectivity index (χ0n) is 12.1. The number of carbonyl (C=O) groups is 2. The quantitative estimate of drug-likeness (QED) is 0.558. The van der Waals surface area contributed by atoms with Crippen LogP contribution < -0.4 is 0 Å². The lowest BCUT2D eigenvalue weighted by Gasteiger charge is -2.36. The Balaban J connectivity index is 1.68. The average Bonchev–Trinajstić information content (AvgIpc) is 2.64. The molecule has 2 amide bonds. The first-order valence-corrected chi connectivity index (χ1v) is 7.44. The van der Waals surface area contributed by atoms with Crippen molar-refractivity contribution in [3.63, 3.8) is 0 Å². The zero-order valence-corrected chi connectivity index (χ0v) is 12.1. The summed E-state index contributed by atoms with van der Waals surface area (Å²) in [5, 5.41) is 0. The van der Waals surface area contributed by atoms with Crippen LogP contribution in [0.1, 0.15) is 26.7 Å². The molecule has 0 saturated carbocycles. The van der Waals surface area contributed by atoms with Crippen LogP contribution in [0.3, 0.4) is 0 Å². The molecule has 0 spiro atoms. The van der Waals surface area contributed by atoms with E-state index >= 15 is 0 Å². The van der Waals surface area contributed by atoms with Gasteiger partial charge in [-0.05, 0) is 26.7 Å². The Hall–Kier alpha value is -1.20. The predicted octanol–water partition coefficient (Wildman–Crippen LogP) is 1.00. The van der Waals surface area contributed by atoms with Crippen molar-refractivity contribution in [1.82, 2.24) is 9.80 Å². The van der Waals surface area contributed by atoms with Crippen molar-refractivity contribution >= 4 is 11.8 Å². The van der Waals surface area contributed by atoms with E-state index in [9.17, 15) is 9.59 Å². The Morgan fingerprint density at radius 3 is 2.05 bits per heavy atom. The second-order valence-corrected chi connectivity index (χ2v) is 6.20. The van der Waals surface area contributed by atoms with Gasteiger partial charge >= 0.3 is 0 Å². The number of nitrogens with zero attached hydrogens (tertiary/aromatic N) is 2. The van der Waals surface area contributed by atoms with Gasteiger partial charge in [0.15, 0.2) is 0 Å². The predicted molar refractivity (Wildman–Crippen MR) is 73.7 cm³/mol. The largest absolute Gasteiger partial charge is 0.373 e. The Morgan fingerprint density at radius 2 is 1.55 bits per heavy atom. The van der Waals surface area contributed by atoms with Gasteiger partial charge in [0.25, 0.3) is 0 Å². The summed E-state index contributed by atoms with van der Waals surface area (Å²) in [4.78, 5) is 28.4. The summed E-state index contributed by atoms with van der Waals surface area (Å²) in [6.45, 7) is 6.02. The van der Waals surface area contributed by atoms with Gasteiger partial charge in [0.2, 0.25) is 11.8 Å². The Bertz CT molecular complexity index is 412. The van der Waals surface area contributed by atoms with Crippen molar-refractivity contribution < 1.29 is 14.3 Å². The van der Waals surface area contributed by atoms with E-state index in [1.807, 2.05) is 26.0 Å². The molecule has 3 aliphatic rings. The summed E-state index contributed by atoms with van der Waals surface area (Å²) >= 11 is 0. The van der Waals surface area contributed by atoms with Crippen molar-refractivity contribution in [1.29, 1.82) is 0 Å². The number of allylic oxidation sites excluding steroid dienone is 2. The molecule has 0 radical (unpaired) electrons. The molecule has 0 bridgehead atoms. The summed E-state index contributed by atoms with van der Waals surface area (Å²) in [7, 11) is 0. The molecule has 2 saturated heterocycles. The molecule has 0 aromatic rings. The molecular weight excluding hydrogens is 256 g/mol. The van der Waals surface area contributed by atoms with Crippen LogP contribution in [0.15, 0.2) is 12.2 Å². The lowest BCUT2D eigenvalue weighted by molar-refractivity contribution is -0.146. The molecule has 2 fully saturated rings. The number of carbonyl (C=O) groups excluding carboxylic acids is 2. The summed E-state index contributed by atoms with van der Waals surface area (Å²) < 4.78 is 5.69. The number of hydrogen-bond donors (Lipinski definition) is 0. The van der Waals surface area contributed by atoms with Crippen molar-refractivity contribution in [2.45, 2.75) is 38.9 Å². The minimum absolute atomic E-state index is 0.0103. The Kier molecular flexibility index (Phi) is 3.65. The van der Waals surface area contributed by atoms with Gasteiger partial charge in [-0.25, -0.2) is 0 Å². The van der Waals surface area contributed by atoms with Crippen molar-refractivity contribution in [3.05, 3.63) is 12.2 Å². The van der Waals surface area contributed by atoms with Crippen LogP contribution in [0, 0.1) is 11.8 Å². The molecule has 110 valence electrons. The van der Waals surface area contributed by atoms with Crippen molar-refractivity contribution in [2.24, 2.45) is 11.8 Å². The highest BCUT2D eigenvalue weighted by Gasteiger charge is 2.47. The van der Waals surface area contributed by atoms with Gasteiger partial charge in [0.05, 0.1) is 30.7 Å². The van der Waals surface area contributed by atoms with E-state index in [0.717, 1.165) is 13.1 Å². The van der Waals surface area contributed by atoms with E-state index in [2.05, 4.69) is 4.90 Å². The number of hydrogen-bond acceptors (Lipinski definition) is 4. The number of imide groups is 1. The topological polar surface area (TPSA) is 49.9 Å². The van der Waals surface area contributed by atoms with Crippen LogP contribution in [0.25, 0.3) is 0 Å². The second kappa shape index (κ2) is 5.30. The summed E-state index contributed by atoms with van der Waals surface area (Å²) in [6.07, 6.45) is 5.76. The van der Waals surface area contributed by atoms with E-state index in [1.54, 1.807) is 0 Å². The molecule has 5 nitrogen and oxygen atoms in total. The third-order valence-corrected chi connectivity index (χ3v) is 4.44. The van der Waals surface area contributed by atoms with Gasteiger partial charge in [0, 0.05) is 13.1 Å². The molecule has 1 aliphatic carbocycles. The third kappa shape index (κ3) is 2.40. The van der Waals surface area contributed by atoms with E-state index in [1.165, 1.54) is 4.90 Å². The minimum atomic E-state index is -0.122. The normalized spacial score (nSPS) is 38.4. The Morgan fingerprint density at radius 1 is 1.05 bits per heavy atom. The maximum atomic E-state index is 12.4. The third-order valence-electron chi connectivity index (χ3n) is 4.44. The molecule has 2 heterocycles. The molecule has 0 N–H and O–H groups in total. The molecular formula is C15H22N2O3. The fourth-order valence-corrected chi connectivity index (χ4v) is 3.61. The van der Waals surface area contributed by atoms with Gasteiger partial charge in [-0.1, -0.05) is 12.2 Å². The minimum Gasteiger partial charge on any atom is -0.373 e. The van der Waals surface area contributed by atoms with E-state index < -0.39 is 0 Å². The molecule has 3 rings (SSSR count). The molecule has 0 aromatic carbocycles. The van der Waals surface area contributed by atoms with Crippen LogP contribution in [-0.2, 0) is 14.3 Å². The first-order chi connectivity index (χ1) is 9.56. The van der Waals surface area contributed by atoms with Gasteiger partial charge in [-0.3, -0.25) is 19.4 Å². The van der Waals surface area contributed by atoms with Crippen molar-refractivity contribution in [3.8, 4) is 0 Å². The number of ether oxygens (including phenoxy) is 1. The highest BCUT2D eigenvalue weighted by Crippen LogP contribution is 2.35. The van der Waals surface area contributed by atoms with Gasteiger partial charge in [-0.15, -0.1) is 0 Å². The summed E-state index contributed by atoms with van der Waals surface area (Å²) in [5.74, 6) is -0.223. The lowest BCUT2D eigenvalue weighted by Crippen LogP contribution is -2.51. The number of morpholine rings is 1. The van der Waals surface area contributed by atoms with Crippen LogP contribution in [0.5, 0.6) is 0 Å². The number of amides is 2. The first-order valence-electron chi connectivity index (χ1n) is 7.44. The van der Waals surface area contributed by atoms with E-state index in [4.69, 9.17) is 4.74 Å². The molecule has 4 atom stereocenters. The fraction of sp³-hybridized carbons (Fsp3) is 0.733. The number of likely N-dealkylation sites (tertiary alicyclic amines) is 1. The average molecular weight is 278 g/mol. The van der Waals surface area contributed by atoms with Crippen molar-refractivity contribution in [2.75, 3.05) is 19.8 Å². The lowest BCUT2D eigenvalue weighted by atomic mass is 9.85. The molecule has 0 aromatic heterocycles. The van der Waals surface area contributed by atoms with E-state index in [-0.39, 0.29) is 35.9 Å². The molecule has 0 unspecified atom stereocenters. The van der Waals surface area contributed by atoms with Gasteiger partial charge < -0.3 is 4.74 Å². The standard InChI is InChI=1S/C15H22N2O3/c1-10-7-16(8-11(2)20-10)9-17-14(18)12-5-3-4-6-13(12)15(17)19/h3-4,10-13H,5-9H2,1-2H3/t10-,11-,12+,13+/m1/s1. The maximum Gasteiger partial charge on any atom is 0.234 e. The molecule has 5 heteroatoms. The number of fused-ring (bicyclic) bond motifs is 1. The van der Waals surface area contributed by atoms with Gasteiger partial charge in [0.1, 0.15) is 0 Å². The van der Waals surface area contributed by atoms with Crippen LogP contribution >= 0.6 is 0 Å². The van der Waals surface area contributed by atoms with Crippen LogP contribution in [0.4, 0.5) is 0 Å². The number of rotatable bonds is 2. The highest BCUT2D eigenvalue weighted by molar-refractivity contribution is 6.05. The first kappa shape index (κ1) is 13.8. The Labute approximate surface area is 119 Å². The van der Waals surface area contributed by atoms with Crippen LogP contribution in [0.2, 0.25) is 0 Å². The summed E-state index contributed by atoms with van der Waals surface area (Å²) in [5.41, 5.74) is 0. The highest BCUT2D eigenvalue weighted by atomic mass is 16.5. The SMILES string of the molecule is C[C@@H]1CN(CN2C(=O)[C@H]3CC=CC[C@@H]3C2=O)C[C@@H](C)O1. The summed E-state index contributed by atoms with van der Waals surface area (Å²) in [6, 6.07) is 0. The van der Waals surface area contributed by atoms with Gasteiger partial charge in [-0.2, -0.15) is 0 Å². The molecule has 2 aliphatic heterocycles. The second-order valence-electron chi connectivity index (χ2n) is 6.20.